The number of halogens is 6. The molecule has 1 aromatic carbocycles. The first-order valence-electron chi connectivity index (χ1n) is 14.9. The van der Waals surface area contributed by atoms with Gasteiger partial charge in [-0.1, -0.05) is 24.4 Å². The number of nitrogens with two attached hydrogens (primary N) is 1. The first-order valence-corrected chi connectivity index (χ1v) is 15.3. The van der Waals surface area contributed by atoms with Gasteiger partial charge in [-0.2, -0.15) is 23.1 Å². The highest BCUT2D eigenvalue weighted by molar-refractivity contribution is 6.32. The van der Waals surface area contributed by atoms with Crippen LogP contribution in [0.5, 0.6) is 11.9 Å². The van der Waals surface area contributed by atoms with Crippen molar-refractivity contribution in [1.82, 2.24) is 19.9 Å². The van der Waals surface area contributed by atoms with Gasteiger partial charge in [-0.15, -0.1) is 0 Å². The maximum Gasteiger partial charge on any atom is 0.418 e. The Bertz CT molecular complexity index is 1630. The average molecular weight is 639 g/mol. The standard InChI is InChI=1S/C30H32ClF5N6O2/c1-41-25-20-24(39-27(40-25)44-15-29-7-4-9-42(29)14-16(32)13-29)22(33)23(18-11-17(37)12-19(31)21(18)30(34,35)36)38-26(20)43-10-8-28(41)5-2-3-6-28/h11-12,16H,2-10,13-15,37H2,1H3/t16-,29+/m1/s1. The lowest BCUT2D eigenvalue weighted by Crippen LogP contribution is -2.47. The molecule has 0 bridgehead atoms. The van der Waals surface area contributed by atoms with Crippen LogP contribution in [-0.2, 0) is 6.18 Å². The van der Waals surface area contributed by atoms with E-state index >= 15 is 4.39 Å². The van der Waals surface area contributed by atoms with E-state index in [1.807, 2.05) is 11.9 Å². The number of pyridine rings is 1. The Morgan fingerprint density at radius 3 is 2.64 bits per heavy atom. The van der Waals surface area contributed by atoms with Gasteiger partial charge in [0.25, 0.3) is 0 Å². The summed E-state index contributed by atoms with van der Waals surface area (Å²) in [4.78, 5) is 17.5. The summed E-state index contributed by atoms with van der Waals surface area (Å²) in [6, 6.07) is 1.80. The molecule has 1 saturated carbocycles. The second-order valence-electron chi connectivity index (χ2n) is 12.5. The number of nitrogens with zero attached hydrogens (tertiary/aromatic N) is 5. The van der Waals surface area contributed by atoms with Crippen LogP contribution in [0.2, 0.25) is 5.02 Å². The van der Waals surface area contributed by atoms with Gasteiger partial charge in [0.15, 0.2) is 5.82 Å². The van der Waals surface area contributed by atoms with Crippen molar-refractivity contribution in [1.29, 1.82) is 0 Å². The number of anilines is 2. The number of rotatable bonds is 4. The quantitative estimate of drug-likeness (QED) is 0.254. The fraction of sp³-hybridized carbons (Fsp3) is 0.567. The van der Waals surface area contributed by atoms with Crippen molar-refractivity contribution in [2.75, 3.05) is 44.0 Å². The molecule has 0 unspecified atom stereocenters. The molecule has 5 heterocycles. The second-order valence-corrected chi connectivity index (χ2v) is 12.9. The van der Waals surface area contributed by atoms with Crippen LogP contribution in [-0.4, -0.2) is 70.5 Å². The highest BCUT2D eigenvalue weighted by atomic mass is 35.5. The molecule has 1 spiro atoms. The predicted molar refractivity (Wildman–Crippen MR) is 155 cm³/mol. The fourth-order valence-electron chi connectivity index (χ4n) is 7.79. The van der Waals surface area contributed by atoms with Gasteiger partial charge in [0.2, 0.25) is 5.88 Å². The number of fused-ring (bicyclic) bond motifs is 1. The monoisotopic (exact) mass is 638 g/mol. The van der Waals surface area contributed by atoms with E-state index in [9.17, 15) is 17.6 Å². The third-order valence-electron chi connectivity index (χ3n) is 9.96. The van der Waals surface area contributed by atoms with Gasteiger partial charge in [-0.3, -0.25) is 4.90 Å². The van der Waals surface area contributed by atoms with E-state index in [0.29, 0.717) is 25.2 Å². The Labute approximate surface area is 255 Å². The summed E-state index contributed by atoms with van der Waals surface area (Å²) < 4.78 is 85.9. The summed E-state index contributed by atoms with van der Waals surface area (Å²) in [5, 5.41) is -0.545. The normalized spacial score (nSPS) is 24.9. The summed E-state index contributed by atoms with van der Waals surface area (Å²) >= 11 is 6.00. The maximum atomic E-state index is 16.6. The molecule has 3 aliphatic heterocycles. The Morgan fingerprint density at radius 1 is 1.11 bits per heavy atom. The van der Waals surface area contributed by atoms with Gasteiger partial charge < -0.3 is 20.1 Å². The van der Waals surface area contributed by atoms with Gasteiger partial charge in [0.05, 0.1) is 22.7 Å². The topological polar surface area (TPSA) is 89.6 Å². The van der Waals surface area contributed by atoms with Crippen molar-refractivity contribution in [2.24, 2.45) is 0 Å². The molecule has 2 saturated heterocycles. The summed E-state index contributed by atoms with van der Waals surface area (Å²) in [6.45, 7) is 1.39. The molecular weight excluding hydrogens is 607 g/mol. The van der Waals surface area contributed by atoms with E-state index in [2.05, 4.69) is 14.9 Å². The third-order valence-corrected chi connectivity index (χ3v) is 10.3. The summed E-state index contributed by atoms with van der Waals surface area (Å²) in [6.07, 6.45) is 0.386. The van der Waals surface area contributed by atoms with Crippen LogP contribution in [0.3, 0.4) is 0 Å². The van der Waals surface area contributed by atoms with E-state index < -0.39 is 45.5 Å². The minimum absolute atomic E-state index is 0.0960. The Morgan fingerprint density at radius 2 is 1.89 bits per heavy atom. The smallest absolute Gasteiger partial charge is 0.418 e. The van der Waals surface area contributed by atoms with Crippen LogP contribution in [0.1, 0.15) is 56.9 Å². The van der Waals surface area contributed by atoms with Crippen molar-refractivity contribution in [3.63, 3.8) is 0 Å². The van der Waals surface area contributed by atoms with Crippen molar-refractivity contribution < 1.29 is 31.4 Å². The van der Waals surface area contributed by atoms with Gasteiger partial charge in [0, 0.05) is 43.2 Å². The Balaban J connectivity index is 1.42. The van der Waals surface area contributed by atoms with Crippen LogP contribution in [0.25, 0.3) is 22.2 Å². The first-order chi connectivity index (χ1) is 20.9. The molecular formula is C30H32ClF5N6O2. The molecule has 2 aromatic heterocycles. The SMILES string of the molecule is CN1c2nc(OC[C@@]34CCCN3C[C@H](F)C4)nc3c(F)c(-c4cc(N)cc(Cl)c4C(F)(F)F)nc(c23)OCCC12CCCC2. The van der Waals surface area contributed by atoms with E-state index in [0.717, 1.165) is 57.2 Å². The van der Waals surface area contributed by atoms with Crippen LogP contribution in [0.4, 0.5) is 33.5 Å². The zero-order valence-corrected chi connectivity index (χ0v) is 24.9. The lowest BCUT2D eigenvalue weighted by molar-refractivity contribution is -0.137. The molecule has 7 rings (SSSR count). The molecule has 3 fully saturated rings. The van der Waals surface area contributed by atoms with E-state index in [1.54, 1.807) is 0 Å². The number of aromatic nitrogens is 3. The lowest BCUT2D eigenvalue weighted by atomic mass is 9.91. The van der Waals surface area contributed by atoms with Crippen LogP contribution >= 0.6 is 11.6 Å². The lowest BCUT2D eigenvalue weighted by Gasteiger charge is -2.41. The zero-order valence-electron chi connectivity index (χ0n) is 24.1. The number of benzene rings is 1. The Kier molecular flexibility index (Phi) is 7.00. The van der Waals surface area contributed by atoms with Gasteiger partial charge >= 0.3 is 12.2 Å². The average Bonchev–Trinajstić information content (AvgIpc) is 3.65. The number of alkyl halides is 4. The number of nitrogen functional groups attached to an aromatic ring is 1. The minimum atomic E-state index is -4.93. The van der Waals surface area contributed by atoms with Crippen LogP contribution in [0.15, 0.2) is 12.1 Å². The molecule has 0 radical (unpaired) electrons. The highest BCUT2D eigenvalue weighted by Gasteiger charge is 2.50. The molecule has 44 heavy (non-hydrogen) atoms. The van der Waals surface area contributed by atoms with Crippen LogP contribution in [0, 0.1) is 5.82 Å². The Hall–Kier alpha value is -3.19. The molecule has 8 nitrogen and oxygen atoms in total. The van der Waals surface area contributed by atoms with Gasteiger partial charge in [-0.25, -0.2) is 13.8 Å². The second kappa shape index (κ2) is 10.4. The van der Waals surface area contributed by atoms with Crippen molar-refractivity contribution in [3.05, 3.63) is 28.5 Å². The molecule has 2 N–H and O–H groups in total. The molecule has 0 amide bonds. The van der Waals surface area contributed by atoms with E-state index in [4.69, 9.17) is 31.8 Å². The first kappa shape index (κ1) is 29.5. The molecule has 2 atom stereocenters. The summed E-state index contributed by atoms with van der Waals surface area (Å²) in [5.41, 5.74) is 2.09. The number of hydrogen-bond donors (Lipinski definition) is 1. The van der Waals surface area contributed by atoms with Gasteiger partial charge in [-0.05, 0) is 44.4 Å². The highest BCUT2D eigenvalue weighted by Crippen LogP contribution is 2.49. The van der Waals surface area contributed by atoms with Crippen molar-refractivity contribution >= 4 is 34.0 Å². The van der Waals surface area contributed by atoms with E-state index in [-0.39, 0.29) is 47.2 Å². The molecule has 3 aromatic rings. The zero-order chi connectivity index (χ0) is 31.0. The maximum absolute atomic E-state index is 16.6. The van der Waals surface area contributed by atoms with E-state index in [1.165, 1.54) is 0 Å². The number of ether oxygens (including phenoxy) is 2. The number of hydrogen-bond acceptors (Lipinski definition) is 8. The van der Waals surface area contributed by atoms with Crippen molar-refractivity contribution in [3.8, 4) is 23.1 Å². The summed E-state index contributed by atoms with van der Waals surface area (Å²) in [5.74, 6) is -0.898. The fourth-order valence-corrected chi connectivity index (χ4v) is 8.13. The molecule has 4 aliphatic rings. The summed E-state index contributed by atoms with van der Waals surface area (Å²) in [7, 11) is 1.87. The third kappa shape index (κ3) is 4.69. The molecule has 236 valence electrons. The molecule has 14 heteroatoms. The largest absolute Gasteiger partial charge is 0.477 e. The minimum Gasteiger partial charge on any atom is -0.477 e. The van der Waals surface area contributed by atoms with Gasteiger partial charge in [0.1, 0.15) is 35.2 Å². The molecule has 1 aliphatic carbocycles. The predicted octanol–water partition coefficient (Wildman–Crippen LogP) is 6.57. The van der Waals surface area contributed by atoms with Crippen molar-refractivity contribution in [2.45, 2.75) is 74.8 Å². The van der Waals surface area contributed by atoms with Crippen LogP contribution < -0.4 is 20.1 Å².